The van der Waals surface area contributed by atoms with Gasteiger partial charge < -0.3 is 14.4 Å². The van der Waals surface area contributed by atoms with Crippen molar-refractivity contribution in [1.82, 2.24) is 0 Å². The van der Waals surface area contributed by atoms with E-state index < -0.39 is 5.92 Å². The summed E-state index contributed by atoms with van der Waals surface area (Å²) in [5.41, 5.74) is 1.77. The molecule has 4 rings (SSSR count). The molecule has 0 saturated carbocycles. The summed E-state index contributed by atoms with van der Waals surface area (Å²) < 4.78 is 10.6. The van der Waals surface area contributed by atoms with Crippen LogP contribution in [-0.4, -0.2) is 64.5 Å². The second-order valence-electron chi connectivity index (χ2n) is 7.76. The minimum atomic E-state index is -0.577. The van der Waals surface area contributed by atoms with Crippen molar-refractivity contribution in [2.45, 2.75) is 12.3 Å². The summed E-state index contributed by atoms with van der Waals surface area (Å²) >= 11 is 0. The van der Waals surface area contributed by atoms with E-state index in [9.17, 15) is 9.59 Å². The van der Waals surface area contributed by atoms with Crippen molar-refractivity contribution in [2.24, 2.45) is 4.99 Å². The van der Waals surface area contributed by atoms with Crippen LogP contribution in [0.1, 0.15) is 28.3 Å². The van der Waals surface area contributed by atoms with Crippen LogP contribution in [0.25, 0.3) is 0 Å². The zero-order valence-corrected chi connectivity index (χ0v) is 17.8. The van der Waals surface area contributed by atoms with Gasteiger partial charge in [0.15, 0.2) is 0 Å². The van der Waals surface area contributed by atoms with Crippen LogP contribution < -0.4 is 14.5 Å². The number of amides is 2. The number of fused-ring (bicyclic) bond motifs is 1. The third kappa shape index (κ3) is 4.68. The van der Waals surface area contributed by atoms with E-state index in [1.807, 2.05) is 18.2 Å². The molecule has 0 aliphatic carbocycles. The first-order valence-electron chi connectivity index (χ1n) is 10.7. The highest BCUT2D eigenvalue weighted by atomic mass is 16.5. The molecule has 162 valence electrons. The molecule has 0 aromatic heterocycles. The van der Waals surface area contributed by atoms with Crippen molar-refractivity contribution in [2.75, 3.05) is 51.4 Å². The van der Waals surface area contributed by atoms with Gasteiger partial charge in [0.25, 0.3) is 5.91 Å². The first-order valence-corrected chi connectivity index (χ1v) is 10.7. The number of hydrogen-bond acceptors (Lipinski definition) is 5. The lowest BCUT2D eigenvalue weighted by Gasteiger charge is -2.31. The minimum absolute atomic E-state index is 0.281. The summed E-state index contributed by atoms with van der Waals surface area (Å²) in [4.78, 5) is 33.8. The number of benzene rings is 2. The number of carbonyl (C=O) groups is 2. The first-order chi connectivity index (χ1) is 15.2. The Balaban J connectivity index is 1.50. The van der Waals surface area contributed by atoms with Gasteiger partial charge in [0.2, 0.25) is 5.91 Å². The highest BCUT2D eigenvalue weighted by molar-refractivity contribution is 6.29. The molecular weight excluding hydrogens is 394 g/mol. The predicted octanol–water partition coefficient (Wildman–Crippen LogP) is 1.34. The Morgan fingerprint density at radius 3 is 2.61 bits per heavy atom. The Morgan fingerprint density at radius 1 is 1.13 bits per heavy atom. The maximum absolute atomic E-state index is 13.3. The fraction of sp³-hybridized carbons (Fsp3) is 0.375. The molecule has 7 heteroatoms. The third-order valence-corrected chi connectivity index (χ3v) is 5.82. The van der Waals surface area contributed by atoms with Crippen LogP contribution in [0.2, 0.25) is 0 Å². The monoisotopic (exact) mass is 422 g/mol. The highest BCUT2D eigenvalue weighted by Crippen LogP contribution is 2.32. The molecule has 2 aliphatic rings. The van der Waals surface area contributed by atoms with Crippen molar-refractivity contribution < 1.29 is 24.0 Å². The van der Waals surface area contributed by atoms with Crippen LogP contribution in [0, 0.1) is 0 Å². The van der Waals surface area contributed by atoms with Crippen molar-refractivity contribution in [3.05, 3.63) is 59.7 Å². The van der Waals surface area contributed by atoms with E-state index in [-0.39, 0.29) is 11.8 Å². The number of rotatable bonds is 7. The van der Waals surface area contributed by atoms with Crippen LogP contribution >= 0.6 is 0 Å². The van der Waals surface area contributed by atoms with Gasteiger partial charge in [-0.1, -0.05) is 18.2 Å². The van der Waals surface area contributed by atoms with Gasteiger partial charge in [-0.05, 0) is 35.9 Å². The van der Waals surface area contributed by atoms with Crippen molar-refractivity contribution >= 4 is 23.7 Å². The Bertz CT molecular complexity index is 952. The van der Waals surface area contributed by atoms with Gasteiger partial charge in [-0.15, -0.1) is 0 Å². The lowest BCUT2D eigenvalue weighted by molar-refractivity contribution is -0.908. The first kappa shape index (κ1) is 21.2. The number of imide groups is 1. The Labute approximate surface area is 182 Å². The number of nitrogens with zero attached hydrogens (tertiary/aromatic N) is 2. The molecule has 2 amide bonds. The lowest BCUT2D eigenvalue weighted by Crippen LogP contribution is -3.14. The van der Waals surface area contributed by atoms with E-state index in [0.717, 1.165) is 39.3 Å². The summed E-state index contributed by atoms with van der Waals surface area (Å²) in [6, 6.07) is 14.2. The Hall–Kier alpha value is -3.03. The number of anilines is 1. The second-order valence-corrected chi connectivity index (χ2v) is 7.76. The molecule has 31 heavy (non-hydrogen) atoms. The number of quaternary nitrogens is 1. The number of nitrogens with one attached hydrogen (secondary N) is 1. The van der Waals surface area contributed by atoms with Crippen LogP contribution in [0.15, 0.2) is 53.5 Å². The van der Waals surface area contributed by atoms with Crippen molar-refractivity contribution in [3.8, 4) is 5.75 Å². The van der Waals surface area contributed by atoms with Crippen molar-refractivity contribution in [1.29, 1.82) is 0 Å². The quantitative estimate of drug-likeness (QED) is 0.415. The van der Waals surface area contributed by atoms with Gasteiger partial charge in [0.1, 0.15) is 18.8 Å². The van der Waals surface area contributed by atoms with Gasteiger partial charge in [-0.3, -0.25) is 14.6 Å². The smallest absolute Gasteiger partial charge is 0.265 e. The third-order valence-electron chi connectivity index (χ3n) is 5.82. The maximum atomic E-state index is 13.3. The van der Waals surface area contributed by atoms with E-state index in [1.165, 1.54) is 9.80 Å². The summed E-state index contributed by atoms with van der Waals surface area (Å²) in [5.74, 6) is -0.504. The van der Waals surface area contributed by atoms with Crippen molar-refractivity contribution in [3.63, 3.8) is 0 Å². The Kier molecular flexibility index (Phi) is 6.74. The largest absolute Gasteiger partial charge is 0.497 e. The summed E-state index contributed by atoms with van der Waals surface area (Å²) in [5, 5.41) is 0. The molecule has 1 N–H and O–H groups in total. The predicted molar refractivity (Wildman–Crippen MR) is 118 cm³/mol. The average Bonchev–Trinajstić information content (AvgIpc) is 2.82. The lowest BCUT2D eigenvalue weighted by atomic mass is 9.89. The molecule has 0 spiro atoms. The second kappa shape index (κ2) is 9.85. The molecule has 1 fully saturated rings. The van der Waals surface area contributed by atoms with Crippen LogP contribution in [0.3, 0.4) is 0 Å². The molecular formula is C24H28N3O4+. The van der Waals surface area contributed by atoms with E-state index in [0.29, 0.717) is 29.1 Å². The van der Waals surface area contributed by atoms with Crippen LogP contribution in [0.4, 0.5) is 5.69 Å². The molecule has 1 atom stereocenters. The van der Waals surface area contributed by atoms with E-state index in [1.54, 1.807) is 43.7 Å². The normalized spacial score (nSPS) is 19.6. The molecule has 2 aromatic rings. The Morgan fingerprint density at radius 2 is 1.87 bits per heavy atom. The summed E-state index contributed by atoms with van der Waals surface area (Å²) in [7, 11) is 1.58. The zero-order valence-electron chi connectivity index (χ0n) is 17.8. The molecule has 0 bridgehead atoms. The average molecular weight is 423 g/mol. The standard InChI is InChI=1S/C24H27N3O4/c1-30-19-9-7-18(8-10-19)27-23(28)21-6-3-2-5-20(21)22(24(27)29)17-25-11-4-12-26-13-15-31-16-14-26/h2-3,5-10,17,22H,4,11-16H2,1H3/p+1/t22-/m1/s1. The van der Waals surface area contributed by atoms with Crippen LogP contribution in [0.5, 0.6) is 5.75 Å². The van der Waals surface area contributed by atoms with Gasteiger partial charge in [0.05, 0.1) is 38.5 Å². The maximum Gasteiger partial charge on any atom is 0.265 e. The molecule has 7 nitrogen and oxygen atoms in total. The number of hydrogen-bond donors (Lipinski definition) is 1. The number of aliphatic imine (C=N–C) groups is 1. The fourth-order valence-corrected chi connectivity index (χ4v) is 4.09. The van der Waals surface area contributed by atoms with Crippen LogP contribution in [-0.2, 0) is 9.53 Å². The molecule has 0 radical (unpaired) electrons. The number of ether oxygens (including phenoxy) is 2. The molecule has 1 saturated heterocycles. The number of carbonyl (C=O) groups excluding carboxylic acids is 2. The number of methoxy groups -OCH3 is 1. The zero-order chi connectivity index (χ0) is 21.6. The van der Waals surface area contributed by atoms with Gasteiger partial charge in [0, 0.05) is 24.7 Å². The minimum Gasteiger partial charge on any atom is -0.497 e. The molecule has 0 unspecified atom stereocenters. The highest BCUT2D eigenvalue weighted by Gasteiger charge is 2.38. The van der Waals surface area contributed by atoms with E-state index in [2.05, 4.69) is 4.99 Å². The summed E-state index contributed by atoms with van der Waals surface area (Å²) in [6.45, 7) is 5.43. The van der Waals surface area contributed by atoms with E-state index in [4.69, 9.17) is 9.47 Å². The molecule has 2 aliphatic heterocycles. The van der Waals surface area contributed by atoms with E-state index >= 15 is 0 Å². The topological polar surface area (TPSA) is 72.6 Å². The van der Waals surface area contributed by atoms with Gasteiger partial charge in [-0.2, -0.15) is 0 Å². The SMILES string of the molecule is COc1ccc(N2C(=O)c3ccccc3[C@@H](C=NCCC[NH+]3CCOCC3)C2=O)cc1. The fourth-order valence-electron chi connectivity index (χ4n) is 4.09. The number of morpholine rings is 1. The molecule has 2 heterocycles. The summed E-state index contributed by atoms with van der Waals surface area (Å²) in [6.07, 6.45) is 2.66. The van der Waals surface area contributed by atoms with Gasteiger partial charge >= 0.3 is 0 Å². The molecule has 2 aromatic carbocycles. The van der Waals surface area contributed by atoms with Gasteiger partial charge in [-0.25, -0.2) is 4.90 Å².